The van der Waals surface area contributed by atoms with E-state index in [4.69, 9.17) is 4.74 Å². The molecule has 1 N–H and O–H groups in total. The van der Waals surface area contributed by atoms with Gasteiger partial charge in [-0.05, 0) is 30.7 Å². The second-order valence-electron chi connectivity index (χ2n) is 3.84. The highest BCUT2D eigenvalue weighted by Crippen LogP contribution is 2.13. The third-order valence-electron chi connectivity index (χ3n) is 2.46. The van der Waals surface area contributed by atoms with E-state index < -0.39 is 6.09 Å². The number of amides is 1. The van der Waals surface area contributed by atoms with Crippen molar-refractivity contribution < 1.29 is 9.53 Å². The first-order valence-electron chi connectivity index (χ1n) is 6.06. The van der Waals surface area contributed by atoms with Gasteiger partial charge in [-0.15, -0.1) is 0 Å². The van der Waals surface area contributed by atoms with Gasteiger partial charge in [-0.1, -0.05) is 12.1 Å². The van der Waals surface area contributed by atoms with Gasteiger partial charge in [0.25, 0.3) is 0 Å². The van der Waals surface area contributed by atoms with Gasteiger partial charge in [0.1, 0.15) is 0 Å². The standard InChI is InChI=1S/C14H15N3O2/c1-2-19-14(18)17-10-11-6-7-13(16-9-11)12-5-3-4-8-15-12/h3-9H,2,10H2,1H3,(H,17,18). The van der Waals surface area contributed by atoms with Crippen molar-refractivity contribution >= 4 is 6.09 Å². The average molecular weight is 257 g/mol. The molecule has 1 amide bonds. The second-order valence-corrected chi connectivity index (χ2v) is 3.84. The lowest BCUT2D eigenvalue weighted by Crippen LogP contribution is -2.23. The number of hydrogen-bond acceptors (Lipinski definition) is 4. The zero-order valence-corrected chi connectivity index (χ0v) is 10.7. The Morgan fingerprint density at radius 3 is 2.68 bits per heavy atom. The van der Waals surface area contributed by atoms with E-state index in [1.807, 2.05) is 30.3 Å². The number of nitrogens with one attached hydrogen (secondary N) is 1. The van der Waals surface area contributed by atoms with E-state index >= 15 is 0 Å². The number of alkyl carbamates (subject to hydrolysis) is 1. The normalized spacial score (nSPS) is 9.95. The summed E-state index contributed by atoms with van der Waals surface area (Å²) in [7, 11) is 0. The lowest BCUT2D eigenvalue weighted by atomic mass is 10.2. The zero-order chi connectivity index (χ0) is 13.5. The first kappa shape index (κ1) is 13.0. The quantitative estimate of drug-likeness (QED) is 0.913. The Labute approximate surface area is 111 Å². The lowest BCUT2D eigenvalue weighted by molar-refractivity contribution is 0.151. The molecule has 0 saturated heterocycles. The van der Waals surface area contributed by atoms with Gasteiger partial charge >= 0.3 is 6.09 Å². The summed E-state index contributed by atoms with van der Waals surface area (Å²) in [6, 6.07) is 9.47. The summed E-state index contributed by atoms with van der Waals surface area (Å²) < 4.78 is 4.78. The summed E-state index contributed by atoms with van der Waals surface area (Å²) in [5.41, 5.74) is 2.54. The Hall–Kier alpha value is -2.43. The number of carbonyl (C=O) groups is 1. The summed E-state index contributed by atoms with van der Waals surface area (Å²) in [4.78, 5) is 19.7. The molecule has 2 heterocycles. The van der Waals surface area contributed by atoms with Crippen LogP contribution >= 0.6 is 0 Å². The van der Waals surface area contributed by atoms with E-state index in [9.17, 15) is 4.79 Å². The molecule has 0 fully saturated rings. The fourth-order valence-electron chi connectivity index (χ4n) is 1.55. The summed E-state index contributed by atoms with van der Waals surface area (Å²) in [5.74, 6) is 0. The average Bonchev–Trinajstić information content (AvgIpc) is 2.47. The van der Waals surface area contributed by atoms with Crippen LogP contribution in [-0.4, -0.2) is 22.7 Å². The minimum Gasteiger partial charge on any atom is -0.450 e. The molecule has 2 rings (SSSR count). The molecular formula is C14H15N3O2. The van der Waals surface area contributed by atoms with Crippen molar-refractivity contribution in [3.05, 3.63) is 48.3 Å². The molecule has 0 unspecified atom stereocenters. The maximum absolute atomic E-state index is 11.1. The van der Waals surface area contributed by atoms with Gasteiger partial charge in [0.15, 0.2) is 0 Å². The summed E-state index contributed by atoms with van der Waals surface area (Å²) >= 11 is 0. The smallest absolute Gasteiger partial charge is 0.407 e. The molecular weight excluding hydrogens is 242 g/mol. The van der Waals surface area contributed by atoms with Crippen LogP contribution in [0, 0.1) is 0 Å². The monoisotopic (exact) mass is 257 g/mol. The first-order chi connectivity index (χ1) is 9.29. The number of ether oxygens (including phenoxy) is 1. The van der Waals surface area contributed by atoms with Crippen LogP contribution in [-0.2, 0) is 11.3 Å². The van der Waals surface area contributed by atoms with E-state index in [1.54, 1.807) is 19.3 Å². The van der Waals surface area contributed by atoms with Crippen molar-refractivity contribution in [2.75, 3.05) is 6.61 Å². The van der Waals surface area contributed by atoms with Crippen LogP contribution < -0.4 is 5.32 Å². The summed E-state index contributed by atoms with van der Waals surface area (Å²) in [6.45, 7) is 2.53. The molecule has 0 radical (unpaired) electrons. The number of hydrogen-bond donors (Lipinski definition) is 1. The maximum Gasteiger partial charge on any atom is 0.407 e. The van der Waals surface area contributed by atoms with E-state index in [2.05, 4.69) is 15.3 Å². The number of aromatic nitrogens is 2. The van der Waals surface area contributed by atoms with Crippen LogP contribution in [0.1, 0.15) is 12.5 Å². The Kier molecular flexibility index (Phi) is 4.44. The topological polar surface area (TPSA) is 64.1 Å². The van der Waals surface area contributed by atoms with E-state index in [1.165, 1.54) is 0 Å². The Morgan fingerprint density at radius 1 is 1.21 bits per heavy atom. The first-order valence-corrected chi connectivity index (χ1v) is 6.06. The summed E-state index contributed by atoms with van der Waals surface area (Å²) in [6.07, 6.45) is 3.03. The fraction of sp³-hybridized carbons (Fsp3) is 0.214. The highest BCUT2D eigenvalue weighted by atomic mass is 16.5. The van der Waals surface area contributed by atoms with Crippen molar-refractivity contribution in [2.45, 2.75) is 13.5 Å². The predicted octanol–water partition coefficient (Wildman–Crippen LogP) is 2.39. The summed E-state index contributed by atoms with van der Waals surface area (Å²) in [5, 5.41) is 2.64. The number of nitrogens with zero attached hydrogens (tertiary/aromatic N) is 2. The number of pyridine rings is 2. The second kappa shape index (κ2) is 6.49. The molecule has 2 aromatic heterocycles. The van der Waals surface area contributed by atoms with Gasteiger partial charge in [0.2, 0.25) is 0 Å². The zero-order valence-electron chi connectivity index (χ0n) is 10.7. The molecule has 19 heavy (non-hydrogen) atoms. The minimum atomic E-state index is -0.420. The third-order valence-corrected chi connectivity index (χ3v) is 2.46. The number of carbonyl (C=O) groups excluding carboxylic acids is 1. The van der Waals surface area contributed by atoms with Gasteiger partial charge in [-0.3, -0.25) is 9.97 Å². The van der Waals surface area contributed by atoms with Crippen molar-refractivity contribution in [2.24, 2.45) is 0 Å². The molecule has 98 valence electrons. The highest BCUT2D eigenvalue weighted by Gasteiger charge is 2.02. The van der Waals surface area contributed by atoms with Crippen LogP contribution in [0.2, 0.25) is 0 Å². The van der Waals surface area contributed by atoms with Crippen LogP contribution in [0.3, 0.4) is 0 Å². The maximum atomic E-state index is 11.1. The molecule has 0 atom stereocenters. The molecule has 5 heteroatoms. The van der Waals surface area contributed by atoms with Crippen molar-refractivity contribution in [3.8, 4) is 11.4 Å². The number of rotatable bonds is 4. The van der Waals surface area contributed by atoms with Crippen molar-refractivity contribution in [1.29, 1.82) is 0 Å². The van der Waals surface area contributed by atoms with Crippen LogP contribution in [0.15, 0.2) is 42.7 Å². The molecule has 0 saturated carbocycles. The SMILES string of the molecule is CCOC(=O)NCc1ccc(-c2ccccn2)nc1. The predicted molar refractivity (Wildman–Crippen MR) is 71.3 cm³/mol. The fourth-order valence-corrected chi connectivity index (χ4v) is 1.55. The Morgan fingerprint density at radius 2 is 2.05 bits per heavy atom. The molecule has 0 aromatic carbocycles. The molecule has 2 aromatic rings. The Balaban J connectivity index is 1.97. The van der Waals surface area contributed by atoms with Crippen molar-refractivity contribution in [1.82, 2.24) is 15.3 Å². The largest absolute Gasteiger partial charge is 0.450 e. The van der Waals surface area contributed by atoms with Crippen molar-refractivity contribution in [3.63, 3.8) is 0 Å². The van der Waals surface area contributed by atoms with E-state index in [0.29, 0.717) is 13.2 Å². The third kappa shape index (κ3) is 3.77. The highest BCUT2D eigenvalue weighted by molar-refractivity contribution is 5.67. The minimum absolute atomic E-state index is 0.364. The van der Waals surface area contributed by atoms with Crippen LogP contribution in [0.4, 0.5) is 4.79 Å². The van der Waals surface area contributed by atoms with Gasteiger partial charge in [0.05, 0.1) is 18.0 Å². The van der Waals surface area contributed by atoms with Gasteiger partial charge in [-0.25, -0.2) is 4.79 Å². The molecule has 0 spiro atoms. The van der Waals surface area contributed by atoms with E-state index in [0.717, 1.165) is 17.0 Å². The molecule has 0 bridgehead atoms. The van der Waals surface area contributed by atoms with Gasteiger partial charge in [-0.2, -0.15) is 0 Å². The lowest BCUT2D eigenvalue weighted by Gasteiger charge is -2.05. The Bertz CT molecular complexity index is 526. The molecule has 5 nitrogen and oxygen atoms in total. The van der Waals surface area contributed by atoms with Crippen LogP contribution in [0.5, 0.6) is 0 Å². The van der Waals surface area contributed by atoms with Crippen LogP contribution in [0.25, 0.3) is 11.4 Å². The van der Waals surface area contributed by atoms with E-state index in [-0.39, 0.29) is 0 Å². The molecule has 0 aliphatic rings. The molecule has 0 aliphatic carbocycles. The van der Waals surface area contributed by atoms with Gasteiger partial charge in [0, 0.05) is 18.9 Å². The van der Waals surface area contributed by atoms with Gasteiger partial charge < -0.3 is 10.1 Å². The molecule has 0 aliphatic heterocycles.